The largest absolute Gasteiger partial charge is 0.325 e. The highest BCUT2D eigenvalue weighted by atomic mass is 35.5. The van der Waals surface area contributed by atoms with Crippen molar-refractivity contribution in [3.8, 4) is 0 Å². The Hall–Kier alpha value is -1.30. The summed E-state index contributed by atoms with van der Waals surface area (Å²) in [4.78, 5) is 16.0. The summed E-state index contributed by atoms with van der Waals surface area (Å²) in [5.41, 5.74) is 6.39. The van der Waals surface area contributed by atoms with Crippen molar-refractivity contribution in [1.82, 2.24) is 4.98 Å². The number of halogens is 2. The number of benzene rings is 1. The first kappa shape index (κ1) is 13.1. The van der Waals surface area contributed by atoms with Gasteiger partial charge in [-0.15, -0.1) is 11.3 Å². The molecule has 6 heteroatoms. The van der Waals surface area contributed by atoms with Gasteiger partial charge in [-0.2, -0.15) is 0 Å². The Morgan fingerprint density at radius 1 is 1.50 bits per heavy atom. The van der Waals surface area contributed by atoms with Crippen LogP contribution in [0.4, 0.5) is 4.39 Å². The predicted octanol–water partition coefficient (Wildman–Crippen LogP) is 2.82. The highest BCUT2D eigenvalue weighted by Gasteiger charge is 2.13. The molecule has 0 saturated carbocycles. The van der Waals surface area contributed by atoms with Gasteiger partial charge in [-0.05, 0) is 17.7 Å². The number of carbonyl (C=O) groups is 1. The molecule has 1 heterocycles. The number of aromatic nitrogens is 1. The van der Waals surface area contributed by atoms with Gasteiger partial charge in [-0.1, -0.05) is 17.7 Å². The minimum Gasteiger partial charge on any atom is -0.325 e. The maximum absolute atomic E-state index is 12.9. The van der Waals surface area contributed by atoms with Crippen LogP contribution in [0.1, 0.15) is 21.1 Å². The van der Waals surface area contributed by atoms with Crippen molar-refractivity contribution in [3.63, 3.8) is 0 Å². The fourth-order valence-electron chi connectivity index (χ4n) is 1.46. The molecule has 0 unspecified atom stereocenters. The minimum absolute atomic E-state index is 0.104. The second-order valence-electron chi connectivity index (χ2n) is 3.67. The fourth-order valence-corrected chi connectivity index (χ4v) is 2.37. The molecule has 2 N–H and O–H groups in total. The van der Waals surface area contributed by atoms with Gasteiger partial charge in [0.25, 0.3) is 0 Å². The molecule has 18 heavy (non-hydrogen) atoms. The van der Waals surface area contributed by atoms with Crippen LogP contribution in [-0.2, 0) is 13.0 Å². The predicted molar refractivity (Wildman–Crippen MR) is 69.4 cm³/mol. The van der Waals surface area contributed by atoms with E-state index in [1.54, 1.807) is 5.38 Å². The van der Waals surface area contributed by atoms with E-state index < -0.39 is 5.82 Å². The average molecular weight is 285 g/mol. The van der Waals surface area contributed by atoms with Gasteiger partial charge >= 0.3 is 0 Å². The highest BCUT2D eigenvalue weighted by molar-refractivity contribution is 7.09. The molecule has 3 nitrogen and oxygen atoms in total. The fraction of sp³-hybridized carbons (Fsp3) is 0.167. The van der Waals surface area contributed by atoms with Crippen molar-refractivity contribution in [3.05, 3.63) is 50.7 Å². The van der Waals surface area contributed by atoms with Crippen molar-refractivity contribution in [2.45, 2.75) is 13.0 Å². The highest BCUT2D eigenvalue weighted by Crippen LogP contribution is 2.20. The molecular weight excluding hydrogens is 275 g/mol. The van der Waals surface area contributed by atoms with Crippen molar-refractivity contribution in [2.24, 2.45) is 5.73 Å². The molecule has 0 saturated heterocycles. The molecule has 0 atom stereocenters. The third-order valence-electron chi connectivity index (χ3n) is 2.38. The molecule has 0 amide bonds. The molecule has 2 aromatic rings. The van der Waals surface area contributed by atoms with E-state index >= 15 is 0 Å². The molecule has 1 aromatic carbocycles. The summed E-state index contributed by atoms with van der Waals surface area (Å²) in [6, 6.07) is 3.98. The molecule has 0 aliphatic heterocycles. The first-order valence-corrected chi connectivity index (χ1v) is 6.47. The zero-order chi connectivity index (χ0) is 13.1. The van der Waals surface area contributed by atoms with Gasteiger partial charge in [-0.25, -0.2) is 9.37 Å². The van der Waals surface area contributed by atoms with E-state index in [9.17, 15) is 9.18 Å². The second-order valence-corrected chi connectivity index (χ2v) is 5.02. The number of hydrogen-bond donors (Lipinski definition) is 1. The normalized spacial score (nSPS) is 10.6. The summed E-state index contributed by atoms with van der Waals surface area (Å²) in [7, 11) is 0. The Balaban J connectivity index is 2.16. The molecule has 0 aliphatic carbocycles. The summed E-state index contributed by atoms with van der Waals surface area (Å²) >= 11 is 7.21. The first-order valence-electron chi connectivity index (χ1n) is 5.21. The molecule has 0 bridgehead atoms. The van der Waals surface area contributed by atoms with E-state index in [0.717, 1.165) is 0 Å². The number of thiazole rings is 1. The lowest BCUT2D eigenvalue weighted by Gasteiger charge is -2.02. The van der Waals surface area contributed by atoms with Gasteiger partial charge in [0.15, 0.2) is 5.78 Å². The summed E-state index contributed by atoms with van der Waals surface area (Å²) in [5.74, 6) is -0.574. The molecular formula is C12H10ClFN2OS. The Morgan fingerprint density at radius 3 is 2.89 bits per heavy atom. The molecule has 0 aliphatic rings. The lowest BCUT2D eigenvalue weighted by Crippen LogP contribution is -2.05. The van der Waals surface area contributed by atoms with Gasteiger partial charge in [0.05, 0.1) is 0 Å². The van der Waals surface area contributed by atoms with Crippen LogP contribution < -0.4 is 5.73 Å². The molecule has 1 aromatic heterocycles. The summed E-state index contributed by atoms with van der Waals surface area (Å²) in [6.45, 7) is 0.315. The number of carbonyl (C=O) groups excluding carboxylic acids is 1. The monoisotopic (exact) mass is 284 g/mol. The van der Waals surface area contributed by atoms with Crippen molar-refractivity contribution in [1.29, 1.82) is 0 Å². The van der Waals surface area contributed by atoms with Crippen LogP contribution in [0.2, 0.25) is 5.02 Å². The summed E-state index contributed by atoms with van der Waals surface area (Å²) < 4.78 is 12.9. The van der Waals surface area contributed by atoms with Crippen LogP contribution in [0, 0.1) is 5.82 Å². The van der Waals surface area contributed by atoms with Gasteiger partial charge in [-0.3, -0.25) is 4.79 Å². The first-order chi connectivity index (χ1) is 8.60. The van der Waals surface area contributed by atoms with Crippen molar-refractivity contribution in [2.75, 3.05) is 0 Å². The third kappa shape index (κ3) is 2.93. The summed E-state index contributed by atoms with van der Waals surface area (Å²) in [5, 5.41) is 2.63. The number of ketones is 1. The van der Waals surface area contributed by atoms with Crippen molar-refractivity contribution >= 4 is 28.7 Å². The Labute approximate surface area is 112 Å². The number of Topliss-reactive ketones (excluding diaryl/α,β-unsaturated/α-hetero) is 1. The van der Waals surface area contributed by atoms with Gasteiger partial charge in [0.1, 0.15) is 16.5 Å². The third-order valence-corrected chi connectivity index (χ3v) is 3.60. The second kappa shape index (κ2) is 5.56. The van der Waals surface area contributed by atoms with Crippen LogP contribution in [0.5, 0.6) is 0 Å². The quantitative estimate of drug-likeness (QED) is 0.879. The smallest absolute Gasteiger partial charge is 0.186 e. The molecule has 94 valence electrons. The van der Waals surface area contributed by atoms with Crippen LogP contribution in [-0.4, -0.2) is 10.8 Å². The number of nitrogens with zero attached hydrogens (tertiary/aromatic N) is 1. The molecule has 0 radical (unpaired) electrons. The van der Waals surface area contributed by atoms with Gasteiger partial charge in [0, 0.05) is 23.4 Å². The maximum Gasteiger partial charge on any atom is 0.186 e. The lowest BCUT2D eigenvalue weighted by atomic mass is 10.1. The Morgan fingerprint density at radius 2 is 2.28 bits per heavy atom. The summed E-state index contributed by atoms with van der Waals surface area (Å²) in [6.07, 6.45) is 0.104. The van der Waals surface area contributed by atoms with E-state index in [1.807, 2.05) is 0 Å². The average Bonchev–Trinajstić information content (AvgIpc) is 2.81. The van der Waals surface area contributed by atoms with Crippen molar-refractivity contribution < 1.29 is 9.18 Å². The Bertz CT molecular complexity index is 585. The number of nitrogens with two attached hydrogens (primary N) is 1. The minimum atomic E-state index is -0.421. The van der Waals surface area contributed by atoms with E-state index in [1.165, 1.54) is 29.5 Å². The SMILES string of the molecule is NCc1nc(C(=O)Cc2ccc(F)cc2Cl)cs1. The van der Waals surface area contributed by atoms with Gasteiger partial charge < -0.3 is 5.73 Å². The standard InChI is InChI=1S/C12H10ClFN2OS/c13-9-4-8(14)2-1-7(9)3-11(17)10-6-18-12(5-15)16-10/h1-2,4,6H,3,5,15H2. The zero-order valence-corrected chi connectivity index (χ0v) is 10.9. The van der Waals surface area contributed by atoms with E-state index in [0.29, 0.717) is 22.8 Å². The lowest BCUT2D eigenvalue weighted by molar-refractivity contribution is 0.0988. The van der Waals surface area contributed by atoms with Crippen LogP contribution in [0.25, 0.3) is 0 Å². The van der Waals surface area contributed by atoms with E-state index in [-0.39, 0.29) is 17.2 Å². The zero-order valence-electron chi connectivity index (χ0n) is 9.32. The number of hydrogen-bond acceptors (Lipinski definition) is 4. The van der Waals surface area contributed by atoms with Crippen LogP contribution in [0.3, 0.4) is 0 Å². The molecule has 2 rings (SSSR count). The molecule has 0 fully saturated rings. The van der Waals surface area contributed by atoms with E-state index in [4.69, 9.17) is 17.3 Å². The van der Waals surface area contributed by atoms with Crippen LogP contribution >= 0.6 is 22.9 Å². The topological polar surface area (TPSA) is 56.0 Å². The number of rotatable bonds is 4. The van der Waals surface area contributed by atoms with E-state index in [2.05, 4.69) is 4.98 Å². The van der Waals surface area contributed by atoms with Crippen LogP contribution in [0.15, 0.2) is 23.6 Å². The van der Waals surface area contributed by atoms with Gasteiger partial charge in [0.2, 0.25) is 0 Å². The Kier molecular flexibility index (Phi) is 4.06. The maximum atomic E-state index is 12.9. The molecule has 0 spiro atoms.